The Hall–Kier alpha value is -0.720. The molecule has 0 radical (unpaired) electrons. The normalized spacial score (nSPS) is 15.2. The van der Waals surface area contributed by atoms with Gasteiger partial charge in [-0.2, -0.15) is 0 Å². The van der Waals surface area contributed by atoms with Crippen molar-refractivity contribution in [3.63, 3.8) is 0 Å². The van der Waals surface area contributed by atoms with Gasteiger partial charge in [0.15, 0.2) is 5.60 Å². The first kappa shape index (κ1) is 18.6. The highest BCUT2D eigenvalue weighted by Crippen LogP contribution is 2.43. The summed E-state index contributed by atoms with van der Waals surface area (Å²) in [6.07, 6.45) is 0. The molecule has 3 nitrogen and oxygen atoms in total. The molecule has 0 bridgehead atoms. The second-order valence-corrected chi connectivity index (χ2v) is 9.44. The molecule has 1 fully saturated rings. The molecule has 0 aliphatic carbocycles. The summed E-state index contributed by atoms with van der Waals surface area (Å²) in [5.74, 6) is 0.319. The van der Waals surface area contributed by atoms with Crippen LogP contribution in [-0.2, 0) is 9.53 Å². The highest BCUT2D eigenvalue weighted by Gasteiger charge is 2.31. The van der Waals surface area contributed by atoms with Crippen LogP contribution in [0.15, 0.2) is 28.5 Å². The Labute approximate surface area is 151 Å². The Morgan fingerprint density at radius 1 is 1.17 bits per heavy atom. The maximum Gasteiger partial charge on any atom is 0.349 e. The zero-order valence-corrected chi connectivity index (χ0v) is 16.3. The number of esters is 1. The minimum atomic E-state index is -0.989. The fourth-order valence-corrected chi connectivity index (χ4v) is 6.29. The summed E-state index contributed by atoms with van der Waals surface area (Å²) in [7, 11) is 0. The van der Waals surface area contributed by atoms with E-state index in [1.54, 1.807) is 20.8 Å². The van der Waals surface area contributed by atoms with E-state index in [1.807, 2.05) is 59.6 Å². The van der Waals surface area contributed by atoms with Crippen molar-refractivity contribution in [2.75, 3.05) is 16.8 Å². The molecule has 1 heterocycles. The van der Waals surface area contributed by atoms with Gasteiger partial charge in [0.2, 0.25) is 0 Å². The van der Waals surface area contributed by atoms with Crippen LogP contribution in [0, 0.1) is 0 Å². The summed E-state index contributed by atoms with van der Waals surface area (Å²) in [6, 6.07) is 7.91. The van der Waals surface area contributed by atoms with Crippen molar-refractivity contribution < 1.29 is 14.3 Å². The number of carbonyl (C=O) groups excluding carboxylic acids is 1. The first-order chi connectivity index (χ1) is 10.9. The van der Waals surface area contributed by atoms with Crippen LogP contribution in [0.4, 0.5) is 0 Å². The molecular weight excluding hydrogens is 348 g/mol. The molecule has 1 aliphatic rings. The van der Waals surface area contributed by atoms with Crippen LogP contribution in [-0.4, -0.2) is 28.3 Å². The zero-order valence-electron chi connectivity index (χ0n) is 13.9. The summed E-state index contributed by atoms with van der Waals surface area (Å²) in [5.41, 5.74) is 1.50. The van der Waals surface area contributed by atoms with Crippen molar-refractivity contribution >= 4 is 46.8 Å². The lowest BCUT2D eigenvalue weighted by molar-refractivity contribution is -0.158. The van der Waals surface area contributed by atoms with Gasteiger partial charge in [0, 0.05) is 14.4 Å². The van der Waals surface area contributed by atoms with Gasteiger partial charge in [0.1, 0.15) is 5.75 Å². The van der Waals surface area contributed by atoms with E-state index in [9.17, 15) is 4.79 Å². The summed E-state index contributed by atoms with van der Waals surface area (Å²) in [6.45, 7) is 7.74. The van der Waals surface area contributed by atoms with Crippen LogP contribution < -0.4 is 4.74 Å². The third-order valence-corrected chi connectivity index (χ3v) is 7.40. The Morgan fingerprint density at radius 2 is 1.78 bits per heavy atom. The van der Waals surface area contributed by atoms with Gasteiger partial charge >= 0.3 is 5.97 Å². The number of benzene rings is 1. The molecule has 0 aromatic heterocycles. The van der Waals surface area contributed by atoms with Gasteiger partial charge in [-0.05, 0) is 51.0 Å². The molecule has 1 aromatic rings. The Kier molecular flexibility index (Phi) is 6.80. The third kappa shape index (κ3) is 5.13. The monoisotopic (exact) mass is 370 g/mol. The minimum Gasteiger partial charge on any atom is -0.476 e. The topological polar surface area (TPSA) is 35.5 Å². The molecule has 0 N–H and O–H groups in total. The maximum atomic E-state index is 11.9. The molecule has 0 atom stereocenters. The summed E-state index contributed by atoms with van der Waals surface area (Å²) in [5, 5.41) is 2.24. The molecule has 126 valence electrons. The molecule has 0 amide bonds. The number of carbonyl (C=O) groups is 1. The van der Waals surface area contributed by atoms with E-state index in [1.165, 1.54) is 15.4 Å². The summed E-state index contributed by atoms with van der Waals surface area (Å²) < 4.78 is 12.2. The Balaban J connectivity index is 2.09. The fourth-order valence-electron chi connectivity index (χ4n) is 2.01. The number of ether oxygens (including phenoxy) is 2. The fraction of sp³-hybridized carbons (Fsp3) is 0.471. The largest absolute Gasteiger partial charge is 0.476 e. The smallest absolute Gasteiger partial charge is 0.349 e. The van der Waals surface area contributed by atoms with Crippen molar-refractivity contribution in [1.82, 2.24) is 0 Å². The predicted octanol–water partition coefficient (Wildman–Crippen LogP) is 5.22. The van der Waals surface area contributed by atoms with Crippen LogP contribution in [0.25, 0.3) is 5.57 Å². The lowest BCUT2D eigenvalue weighted by Crippen LogP contribution is -2.39. The van der Waals surface area contributed by atoms with Crippen molar-refractivity contribution in [3.8, 4) is 5.75 Å². The second-order valence-electron chi connectivity index (χ2n) is 5.50. The molecule has 1 saturated heterocycles. The lowest BCUT2D eigenvalue weighted by atomic mass is 10.1. The van der Waals surface area contributed by atoms with E-state index in [-0.39, 0.29) is 5.97 Å². The number of hydrogen-bond acceptors (Lipinski definition) is 6. The number of rotatable bonds is 5. The van der Waals surface area contributed by atoms with Crippen molar-refractivity contribution in [2.24, 2.45) is 0 Å². The average molecular weight is 371 g/mol. The molecule has 0 saturated carbocycles. The number of allylic oxidation sites excluding steroid dienone is 1. The quantitative estimate of drug-likeness (QED) is 0.661. The van der Waals surface area contributed by atoms with E-state index in [2.05, 4.69) is 6.92 Å². The molecule has 6 heteroatoms. The average Bonchev–Trinajstić information content (AvgIpc) is 2.55. The van der Waals surface area contributed by atoms with E-state index < -0.39 is 5.60 Å². The predicted molar refractivity (Wildman–Crippen MR) is 103 cm³/mol. The first-order valence-electron chi connectivity index (χ1n) is 7.45. The van der Waals surface area contributed by atoms with E-state index in [0.717, 1.165) is 10.2 Å². The third-order valence-electron chi connectivity index (χ3n) is 3.28. The van der Waals surface area contributed by atoms with Gasteiger partial charge in [-0.25, -0.2) is 4.79 Å². The van der Waals surface area contributed by atoms with Crippen molar-refractivity contribution in [1.29, 1.82) is 0 Å². The van der Waals surface area contributed by atoms with E-state index in [0.29, 0.717) is 12.4 Å². The lowest BCUT2D eigenvalue weighted by Gasteiger charge is -2.24. The molecule has 23 heavy (non-hydrogen) atoms. The van der Waals surface area contributed by atoms with Gasteiger partial charge in [-0.3, -0.25) is 0 Å². The molecule has 0 unspecified atom stereocenters. The van der Waals surface area contributed by atoms with E-state index >= 15 is 0 Å². The zero-order chi connectivity index (χ0) is 16.9. The van der Waals surface area contributed by atoms with Crippen LogP contribution in [0.2, 0.25) is 0 Å². The Bertz CT molecular complexity index is 571. The standard InChI is InChI=1S/C17H22O3S3/c1-5-19-16(18)17(3,4)20-14-8-6-13(7-9-14)12(2)15-22-10-21-11-23-15/h6-9H,5,10-11H2,1-4H3. The number of hydrogen-bond donors (Lipinski definition) is 0. The van der Waals surface area contributed by atoms with Gasteiger partial charge in [-0.1, -0.05) is 12.1 Å². The maximum absolute atomic E-state index is 11.9. The van der Waals surface area contributed by atoms with Crippen LogP contribution in [0.5, 0.6) is 5.75 Å². The highest BCUT2D eigenvalue weighted by molar-refractivity contribution is 8.36. The van der Waals surface area contributed by atoms with Gasteiger partial charge in [-0.15, -0.1) is 35.3 Å². The molecule has 1 aromatic carbocycles. The van der Waals surface area contributed by atoms with Crippen molar-refractivity contribution in [3.05, 3.63) is 34.1 Å². The summed E-state index contributed by atoms with van der Waals surface area (Å²) >= 11 is 5.76. The van der Waals surface area contributed by atoms with Crippen LogP contribution in [0.1, 0.15) is 33.3 Å². The van der Waals surface area contributed by atoms with Gasteiger partial charge < -0.3 is 9.47 Å². The summed E-state index contributed by atoms with van der Waals surface area (Å²) in [4.78, 5) is 11.9. The van der Waals surface area contributed by atoms with Crippen LogP contribution >= 0.6 is 35.3 Å². The SMILES string of the molecule is CCOC(=O)C(C)(C)Oc1ccc(C(C)=C2SCSCS2)cc1. The molecule has 1 aliphatic heterocycles. The second kappa shape index (κ2) is 8.40. The first-order valence-corrected chi connectivity index (χ1v) is 10.6. The van der Waals surface area contributed by atoms with Gasteiger partial charge in [0.25, 0.3) is 0 Å². The number of thioether (sulfide) groups is 3. The minimum absolute atomic E-state index is 0.352. The van der Waals surface area contributed by atoms with Crippen molar-refractivity contribution in [2.45, 2.75) is 33.3 Å². The van der Waals surface area contributed by atoms with Gasteiger partial charge in [0.05, 0.1) is 6.61 Å². The molecule has 0 spiro atoms. The molecular formula is C17H22O3S3. The van der Waals surface area contributed by atoms with E-state index in [4.69, 9.17) is 9.47 Å². The van der Waals surface area contributed by atoms with Crippen LogP contribution in [0.3, 0.4) is 0 Å². The Morgan fingerprint density at radius 3 is 2.35 bits per heavy atom. The highest BCUT2D eigenvalue weighted by atomic mass is 32.3. The molecule has 2 rings (SSSR count).